The summed E-state index contributed by atoms with van der Waals surface area (Å²) >= 11 is 7.06. The lowest BCUT2D eigenvalue weighted by Crippen LogP contribution is -2.35. The quantitative estimate of drug-likeness (QED) is 0.437. The minimum absolute atomic E-state index is 0.0194. The number of hydrogen-bond donors (Lipinski definition) is 3. The van der Waals surface area contributed by atoms with Crippen molar-refractivity contribution in [3.63, 3.8) is 0 Å². The maximum atomic E-state index is 12.7. The van der Waals surface area contributed by atoms with Gasteiger partial charge < -0.3 is 25.6 Å². The van der Waals surface area contributed by atoms with Crippen LogP contribution in [0, 0.1) is 0 Å². The van der Waals surface area contributed by atoms with E-state index in [2.05, 4.69) is 20.9 Å². The highest BCUT2D eigenvalue weighted by Crippen LogP contribution is 2.34. The molecular weight excluding hydrogens is 518 g/mol. The molecule has 1 aromatic carbocycles. The van der Waals surface area contributed by atoms with Crippen LogP contribution in [0.2, 0.25) is 4.34 Å². The number of allylic oxidation sites excluding steroid dienone is 1. The molecule has 2 unspecified atom stereocenters. The molecule has 2 aliphatic heterocycles. The SMILES string of the molecule is C/C=C/C(=O)Nc1cc(N2CC(CNC(=O)c3ccc(Cl)s3)OC2=O)ccc1N1CCC(NC(C)=O)C1. The van der Waals surface area contributed by atoms with E-state index >= 15 is 0 Å². The summed E-state index contributed by atoms with van der Waals surface area (Å²) in [6.45, 7) is 4.94. The Labute approximate surface area is 223 Å². The lowest BCUT2D eigenvalue weighted by atomic mass is 10.2. The van der Waals surface area contributed by atoms with Crippen molar-refractivity contribution in [2.75, 3.05) is 41.3 Å². The smallest absolute Gasteiger partial charge is 0.414 e. The van der Waals surface area contributed by atoms with Gasteiger partial charge in [-0.05, 0) is 49.8 Å². The van der Waals surface area contributed by atoms with Gasteiger partial charge in [0.2, 0.25) is 11.8 Å². The van der Waals surface area contributed by atoms with E-state index in [9.17, 15) is 19.2 Å². The molecule has 0 radical (unpaired) electrons. The Morgan fingerprint density at radius 2 is 2.03 bits per heavy atom. The van der Waals surface area contributed by atoms with E-state index in [0.717, 1.165) is 12.1 Å². The second-order valence-corrected chi connectivity index (χ2v) is 10.5. The van der Waals surface area contributed by atoms with Gasteiger partial charge in [0.15, 0.2) is 0 Å². The molecule has 1 aromatic heterocycles. The Balaban J connectivity index is 1.47. The van der Waals surface area contributed by atoms with Crippen LogP contribution in [-0.4, -0.2) is 62.1 Å². The summed E-state index contributed by atoms with van der Waals surface area (Å²) < 4.78 is 5.98. The Bertz CT molecular complexity index is 1230. The molecule has 2 saturated heterocycles. The van der Waals surface area contributed by atoms with Crippen molar-refractivity contribution in [3.05, 3.63) is 51.7 Å². The van der Waals surface area contributed by atoms with Crippen LogP contribution < -0.4 is 25.8 Å². The number of carbonyl (C=O) groups is 4. The molecule has 10 nitrogen and oxygen atoms in total. The maximum absolute atomic E-state index is 12.7. The number of benzene rings is 1. The second-order valence-electron chi connectivity index (χ2n) is 8.75. The zero-order valence-electron chi connectivity index (χ0n) is 20.5. The van der Waals surface area contributed by atoms with Gasteiger partial charge in [-0.25, -0.2) is 4.79 Å². The first-order chi connectivity index (χ1) is 17.7. The summed E-state index contributed by atoms with van der Waals surface area (Å²) in [7, 11) is 0. The monoisotopic (exact) mass is 545 g/mol. The number of anilines is 3. The standard InChI is InChI=1S/C25H28ClN5O5S/c1-3-4-23(33)29-19-11-17(5-6-20(19)30-10-9-16(13-30)28-15(2)32)31-14-18(36-25(31)35)12-27-24(34)21-7-8-22(26)37-21/h3-8,11,16,18H,9-10,12-14H2,1-2H3,(H,27,34)(H,28,32)(H,29,33)/b4-3+. The molecule has 196 valence electrons. The molecule has 2 fully saturated rings. The van der Waals surface area contributed by atoms with Crippen LogP contribution in [0.1, 0.15) is 29.9 Å². The number of thiophene rings is 1. The first-order valence-electron chi connectivity index (χ1n) is 11.8. The number of ether oxygens (including phenoxy) is 1. The number of nitrogens with one attached hydrogen (secondary N) is 3. The van der Waals surface area contributed by atoms with Gasteiger partial charge in [0.1, 0.15) is 6.10 Å². The van der Waals surface area contributed by atoms with Crippen LogP contribution in [0.3, 0.4) is 0 Å². The van der Waals surface area contributed by atoms with E-state index in [4.69, 9.17) is 16.3 Å². The maximum Gasteiger partial charge on any atom is 0.414 e. The number of carbonyl (C=O) groups excluding carboxylic acids is 4. The van der Waals surface area contributed by atoms with Gasteiger partial charge in [-0.3, -0.25) is 19.3 Å². The Kier molecular flexibility index (Phi) is 8.34. The van der Waals surface area contributed by atoms with Gasteiger partial charge >= 0.3 is 6.09 Å². The average molecular weight is 546 g/mol. The van der Waals surface area contributed by atoms with Crippen LogP contribution >= 0.6 is 22.9 Å². The lowest BCUT2D eigenvalue weighted by Gasteiger charge is -2.24. The van der Waals surface area contributed by atoms with Gasteiger partial charge in [0.25, 0.3) is 5.91 Å². The fourth-order valence-electron chi connectivity index (χ4n) is 4.35. The summed E-state index contributed by atoms with van der Waals surface area (Å²) in [5, 5.41) is 8.60. The van der Waals surface area contributed by atoms with Crippen molar-refractivity contribution < 1.29 is 23.9 Å². The highest BCUT2D eigenvalue weighted by molar-refractivity contribution is 7.18. The molecule has 0 bridgehead atoms. The van der Waals surface area contributed by atoms with Crippen LogP contribution in [0.15, 0.2) is 42.5 Å². The van der Waals surface area contributed by atoms with E-state index in [1.807, 2.05) is 6.07 Å². The van der Waals surface area contributed by atoms with Gasteiger partial charge in [0.05, 0.1) is 33.7 Å². The van der Waals surface area contributed by atoms with E-state index in [1.54, 1.807) is 37.3 Å². The molecule has 2 aromatic rings. The van der Waals surface area contributed by atoms with E-state index in [-0.39, 0.29) is 36.9 Å². The van der Waals surface area contributed by atoms with E-state index < -0.39 is 12.2 Å². The molecule has 37 heavy (non-hydrogen) atoms. The summed E-state index contributed by atoms with van der Waals surface area (Å²) in [6.07, 6.45) is 2.77. The fraction of sp³-hybridized carbons (Fsp3) is 0.360. The van der Waals surface area contributed by atoms with Crippen molar-refractivity contribution in [3.8, 4) is 0 Å². The van der Waals surface area contributed by atoms with Gasteiger partial charge in [0, 0.05) is 31.7 Å². The normalized spacial score (nSPS) is 19.3. The predicted octanol–water partition coefficient (Wildman–Crippen LogP) is 3.39. The van der Waals surface area contributed by atoms with Crippen LogP contribution in [-0.2, 0) is 14.3 Å². The van der Waals surface area contributed by atoms with Crippen molar-refractivity contribution in [1.29, 1.82) is 0 Å². The number of hydrogen-bond acceptors (Lipinski definition) is 7. The number of halogens is 1. The largest absolute Gasteiger partial charge is 0.442 e. The van der Waals surface area contributed by atoms with E-state index in [0.29, 0.717) is 33.7 Å². The summed E-state index contributed by atoms with van der Waals surface area (Å²) in [6, 6.07) is 8.68. The van der Waals surface area contributed by atoms with Crippen molar-refractivity contribution >= 4 is 63.8 Å². The Morgan fingerprint density at radius 3 is 2.73 bits per heavy atom. The van der Waals surface area contributed by atoms with Gasteiger partial charge in [-0.1, -0.05) is 17.7 Å². The third-order valence-electron chi connectivity index (χ3n) is 5.97. The molecule has 2 aliphatic rings. The number of nitrogens with zero attached hydrogens (tertiary/aromatic N) is 2. The molecule has 0 spiro atoms. The molecule has 12 heteroatoms. The number of amides is 4. The molecule has 4 rings (SSSR count). The lowest BCUT2D eigenvalue weighted by molar-refractivity contribution is -0.119. The summed E-state index contributed by atoms with van der Waals surface area (Å²) in [4.78, 5) is 52.8. The molecule has 3 heterocycles. The van der Waals surface area contributed by atoms with Crippen LogP contribution in [0.5, 0.6) is 0 Å². The Morgan fingerprint density at radius 1 is 1.22 bits per heavy atom. The third-order valence-corrected chi connectivity index (χ3v) is 7.20. The minimum atomic E-state index is -0.538. The molecule has 3 N–H and O–H groups in total. The van der Waals surface area contributed by atoms with Crippen molar-refractivity contribution in [2.24, 2.45) is 0 Å². The molecule has 4 amide bonds. The zero-order valence-corrected chi connectivity index (χ0v) is 22.0. The highest BCUT2D eigenvalue weighted by atomic mass is 35.5. The molecular formula is C25H28ClN5O5S. The first kappa shape index (κ1) is 26.5. The molecule has 0 aliphatic carbocycles. The second kappa shape index (κ2) is 11.7. The summed E-state index contributed by atoms with van der Waals surface area (Å²) in [5.74, 6) is -0.661. The summed E-state index contributed by atoms with van der Waals surface area (Å²) in [5.41, 5.74) is 1.89. The molecule has 0 saturated carbocycles. The number of cyclic esters (lactones) is 1. The zero-order chi connectivity index (χ0) is 26.5. The van der Waals surface area contributed by atoms with Crippen molar-refractivity contribution in [1.82, 2.24) is 10.6 Å². The van der Waals surface area contributed by atoms with Crippen LogP contribution in [0.25, 0.3) is 0 Å². The average Bonchev–Trinajstić information content (AvgIpc) is 3.57. The van der Waals surface area contributed by atoms with E-state index in [1.165, 1.54) is 29.2 Å². The first-order valence-corrected chi connectivity index (χ1v) is 13.0. The third kappa shape index (κ3) is 6.60. The fourth-order valence-corrected chi connectivity index (χ4v) is 5.31. The topological polar surface area (TPSA) is 120 Å². The number of rotatable bonds is 8. The van der Waals surface area contributed by atoms with Gasteiger partial charge in [-0.15, -0.1) is 11.3 Å². The Hall–Kier alpha value is -3.57. The van der Waals surface area contributed by atoms with Gasteiger partial charge in [-0.2, -0.15) is 0 Å². The van der Waals surface area contributed by atoms with Crippen molar-refractivity contribution in [2.45, 2.75) is 32.4 Å². The minimum Gasteiger partial charge on any atom is -0.442 e. The predicted molar refractivity (Wildman–Crippen MR) is 144 cm³/mol. The molecule has 2 atom stereocenters. The highest BCUT2D eigenvalue weighted by Gasteiger charge is 2.33. The van der Waals surface area contributed by atoms with Crippen LogP contribution in [0.4, 0.5) is 21.9 Å².